The predicted octanol–water partition coefficient (Wildman–Crippen LogP) is 3.38. The number of ether oxygens (including phenoxy) is 1. The Kier molecular flexibility index (Phi) is 3.60. The highest BCUT2D eigenvalue weighted by Crippen LogP contribution is 2.45. The van der Waals surface area contributed by atoms with Crippen LogP contribution in [0.5, 0.6) is 5.75 Å². The van der Waals surface area contributed by atoms with Crippen LogP contribution >= 0.6 is 23.1 Å². The molecule has 1 aromatic heterocycles. The van der Waals surface area contributed by atoms with Crippen molar-refractivity contribution < 1.29 is 9.84 Å². The van der Waals surface area contributed by atoms with E-state index in [0.717, 1.165) is 29.6 Å². The molecule has 0 saturated carbocycles. The third kappa shape index (κ3) is 2.14. The number of thiophene rings is 1. The maximum Gasteiger partial charge on any atom is 0.168 e. The van der Waals surface area contributed by atoms with E-state index in [9.17, 15) is 5.11 Å². The van der Waals surface area contributed by atoms with Gasteiger partial charge in [-0.1, -0.05) is 11.8 Å². The average Bonchev–Trinajstić information content (AvgIpc) is 3.20. The molecule has 6 heteroatoms. The molecule has 0 amide bonds. The number of methoxy groups -OCH3 is 1. The van der Waals surface area contributed by atoms with Gasteiger partial charge in [-0.05, 0) is 29.0 Å². The third-order valence-corrected chi connectivity index (χ3v) is 6.02. The van der Waals surface area contributed by atoms with Gasteiger partial charge in [-0.15, -0.1) is 11.3 Å². The molecule has 1 aromatic carbocycles. The zero-order valence-electron chi connectivity index (χ0n) is 12.2. The molecular formula is C16H16N2O2S2. The molecule has 2 aliphatic rings. The molecule has 3 heterocycles. The largest absolute Gasteiger partial charge is 0.495 e. The Hall–Kier alpha value is -1.50. The number of fused-ring (bicyclic) bond motifs is 2. The number of rotatable bonds is 4. The molecule has 0 atom stereocenters. The first-order valence-electron chi connectivity index (χ1n) is 7.21. The van der Waals surface area contributed by atoms with Crippen molar-refractivity contribution in [1.29, 1.82) is 0 Å². The monoisotopic (exact) mass is 332 g/mol. The molecule has 2 aromatic rings. The zero-order valence-corrected chi connectivity index (χ0v) is 13.8. The van der Waals surface area contributed by atoms with E-state index in [1.165, 1.54) is 20.7 Å². The lowest BCUT2D eigenvalue weighted by Crippen LogP contribution is -2.20. The molecule has 4 rings (SSSR count). The van der Waals surface area contributed by atoms with E-state index in [-0.39, 0.29) is 6.61 Å². The molecule has 114 valence electrons. The minimum absolute atomic E-state index is 0.158. The van der Waals surface area contributed by atoms with Crippen LogP contribution in [0.3, 0.4) is 0 Å². The molecule has 0 spiro atoms. The second-order valence-corrected chi connectivity index (χ2v) is 7.16. The lowest BCUT2D eigenvalue weighted by atomic mass is 10.1. The summed E-state index contributed by atoms with van der Waals surface area (Å²) in [7, 11) is 1.72. The summed E-state index contributed by atoms with van der Waals surface area (Å²) in [6.45, 7) is 1.91. The summed E-state index contributed by atoms with van der Waals surface area (Å²) < 4.78 is 6.75. The van der Waals surface area contributed by atoms with Crippen LogP contribution in [0.4, 0.5) is 0 Å². The summed E-state index contributed by atoms with van der Waals surface area (Å²) in [5, 5.41) is 13.7. The number of thioether (sulfide) groups is 1. The van der Waals surface area contributed by atoms with Crippen molar-refractivity contribution in [3.05, 3.63) is 34.0 Å². The van der Waals surface area contributed by atoms with Crippen LogP contribution in [0.1, 0.15) is 12.0 Å². The van der Waals surface area contributed by atoms with Crippen LogP contribution in [0.25, 0.3) is 15.8 Å². The number of aliphatic hydroxyl groups is 1. The normalized spacial score (nSPS) is 17.4. The first kappa shape index (κ1) is 14.1. The summed E-state index contributed by atoms with van der Waals surface area (Å²) in [4.78, 5) is 8.01. The predicted molar refractivity (Wildman–Crippen MR) is 93.6 cm³/mol. The van der Waals surface area contributed by atoms with Crippen molar-refractivity contribution in [3.8, 4) is 5.75 Å². The maximum atomic E-state index is 9.37. The molecule has 0 bridgehead atoms. The summed E-state index contributed by atoms with van der Waals surface area (Å²) in [5.41, 5.74) is 2.33. The van der Waals surface area contributed by atoms with Crippen molar-refractivity contribution >= 4 is 44.0 Å². The standard InChI is InChI=1S/C16H16N2O2S2/c1-20-12-9-11(8-10-3-7-21-15(10)12)14-13(2-6-19)22-16-17-4-5-18(14)16/h3,7-9,19H,2,4-6H2,1H3. The minimum Gasteiger partial charge on any atom is -0.495 e. The van der Waals surface area contributed by atoms with Crippen LogP contribution in [0, 0.1) is 0 Å². The van der Waals surface area contributed by atoms with Gasteiger partial charge in [0.15, 0.2) is 5.17 Å². The van der Waals surface area contributed by atoms with Gasteiger partial charge in [-0.2, -0.15) is 0 Å². The van der Waals surface area contributed by atoms with Crippen LogP contribution < -0.4 is 4.74 Å². The number of aliphatic imine (C=N–C) groups is 1. The Morgan fingerprint density at radius 1 is 1.41 bits per heavy atom. The van der Waals surface area contributed by atoms with Gasteiger partial charge in [0, 0.05) is 30.0 Å². The third-order valence-electron chi connectivity index (χ3n) is 3.90. The zero-order chi connectivity index (χ0) is 15.1. The average molecular weight is 332 g/mol. The number of benzene rings is 1. The van der Waals surface area contributed by atoms with Gasteiger partial charge in [0.2, 0.25) is 0 Å². The Bertz CT molecular complexity index is 795. The lowest BCUT2D eigenvalue weighted by Gasteiger charge is -2.18. The van der Waals surface area contributed by atoms with E-state index in [0.29, 0.717) is 6.42 Å². The van der Waals surface area contributed by atoms with E-state index in [2.05, 4.69) is 33.5 Å². The van der Waals surface area contributed by atoms with Gasteiger partial charge < -0.3 is 14.7 Å². The van der Waals surface area contributed by atoms with E-state index < -0.39 is 0 Å². The van der Waals surface area contributed by atoms with Gasteiger partial charge in [0.05, 0.1) is 24.1 Å². The molecule has 1 N–H and O–H groups in total. The Balaban J connectivity index is 1.88. The summed E-state index contributed by atoms with van der Waals surface area (Å²) in [5.74, 6) is 0.910. The summed E-state index contributed by atoms with van der Waals surface area (Å²) in [6.07, 6.45) is 0.666. The fourth-order valence-corrected chi connectivity index (χ4v) is 5.01. The molecule has 0 fully saturated rings. The molecule has 2 aliphatic heterocycles. The van der Waals surface area contributed by atoms with Crippen LogP contribution in [0.2, 0.25) is 0 Å². The first-order valence-corrected chi connectivity index (χ1v) is 8.91. The second kappa shape index (κ2) is 5.61. The lowest BCUT2D eigenvalue weighted by molar-refractivity contribution is 0.301. The van der Waals surface area contributed by atoms with Crippen molar-refractivity contribution in [3.63, 3.8) is 0 Å². The Labute approximate surface area is 137 Å². The van der Waals surface area contributed by atoms with Gasteiger partial charge >= 0.3 is 0 Å². The Morgan fingerprint density at radius 3 is 3.14 bits per heavy atom. The molecule has 0 unspecified atom stereocenters. The number of aliphatic hydroxyl groups excluding tert-OH is 1. The topological polar surface area (TPSA) is 45.1 Å². The highest BCUT2D eigenvalue weighted by Gasteiger charge is 2.33. The molecule has 0 saturated heterocycles. The number of hydrogen-bond acceptors (Lipinski definition) is 6. The van der Waals surface area contributed by atoms with E-state index in [1.54, 1.807) is 30.2 Å². The van der Waals surface area contributed by atoms with E-state index in [1.807, 2.05) is 0 Å². The fraction of sp³-hybridized carbons (Fsp3) is 0.312. The van der Waals surface area contributed by atoms with Gasteiger partial charge in [0.25, 0.3) is 0 Å². The molecule has 0 aliphatic carbocycles. The van der Waals surface area contributed by atoms with Gasteiger partial charge in [-0.3, -0.25) is 4.99 Å². The van der Waals surface area contributed by atoms with Crippen LogP contribution in [-0.2, 0) is 0 Å². The van der Waals surface area contributed by atoms with E-state index >= 15 is 0 Å². The van der Waals surface area contributed by atoms with Crippen molar-refractivity contribution in [2.24, 2.45) is 4.99 Å². The SMILES string of the molecule is COc1cc(C2=C(CCO)SC3=NCCN32)cc2ccsc12. The Morgan fingerprint density at radius 2 is 2.32 bits per heavy atom. The van der Waals surface area contributed by atoms with Crippen LogP contribution in [0.15, 0.2) is 33.5 Å². The molecule has 4 nitrogen and oxygen atoms in total. The highest BCUT2D eigenvalue weighted by molar-refractivity contribution is 8.17. The van der Waals surface area contributed by atoms with Gasteiger partial charge in [0.1, 0.15) is 5.75 Å². The smallest absolute Gasteiger partial charge is 0.168 e. The second-order valence-electron chi connectivity index (χ2n) is 5.18. The maximum absolute atomic E-state index is 9.37. The van der Waals surface area contributed by atoms with Crippen molar-refractivity contribution in [1.82, 2.24) is 4.90 Å². The quantitative estimate of drug-likeness (QED) is 0.932. The van der Waals surface area contributed by atoms with Gasteiger partial charge in [-0.25, -0.2) is 0 Å². The fourth-order valence-electron chi connectivity index (χ4n) is 2.96. The van der Waals surface area contributed by atoms with Crippen molar-refractivity contribution in [2.45, 2.75) is 6.42 Å². The summed E-state index contributed by atoms with van der Waals surface area (Å²) in [6, 6.07) is 6.44. The minimum atomic E-state index is 0.158. The highest BCUT2D eigenvalue weighted by atomic mass is 32.2. The molecule has 22 heavy (non-hydrogen) atoms. The summed E-state index contributed by atoms with van der Waals surface area (Å²) >= 11 is 3.38. The number of amidine groups is 1. The molecule has 0 radical (unpaired) electrons. The number of nitrogens with zero attached hydrogens (tertiary/aromatic N) is 2. The van der Waals surface area contributed by atoms with E-state index in [4.69, 9.17) is 4.74 Å². The number of hydrogen-bond donors (Lipinski definition) is 1. The first-order chi connectivity index (χ1) is 10.8. The van der Waals surface area contributed by atoms with Crippen LogP contribution in [-0.4, -0.2) is 42.0 Å². The molecular weight excluding hydrogens is 316 g/mol. The van der Waals surface area contributed by atoms with Crippen molar-refractivity contribution in [2.75, 3.05) is 26.8 Å².